The zero-order chi connectivity index (χ0) is 24.0. The number of thiazole rings is 1. The Morgan fingerprint density at radius 3 is 2.68 bits per heavy atom. The van der Waals surface area contributed by atoms with Gasteiger partial charge >= 0.3 is 12.0 Å². The van der Waals surface area contributed by atoms with Crippen LogP contribution in [-0.4, -0.2) is 57.1 Å². The quantitative estimate of drug-likeness (QED) is 0.583. The van der Waals surface area contributed by atoms with Crippen LogP contribution in [0.25, 0.3) is 11.4 Å². The molecule has 2 bridgehead atoms. The van der Waals surface area contributed by atoms with E-state index < -0.39 is 0 Å². The van der Waals surface area contributed by atoms with Gasteiger partial charge in [0, 0.05) is 38.0 Å². The van der Waals surface area contributed by atoms with E-state index in [0.717, 1.165) is 10.6 Å². The molecular formula is C22H24FN7O3S. The molecule has 34 heavy (non-hydrogen) atoms. The smallest absolute Gasteiger partial charge is 0.325 e. The Balaban J connectivity index is 1.46. The maximum Gasteiger partial charge on any atom is 0.325 e. The zero-order valence-electron chi connectivity index (χ0n) is 18.9. The average Bonchev–Trinajstić information content (AvgIpc) is 3.40. The fraction of sp³-hybridized carbons (Fsp3) is 0.409. The molecule has 0 saturated carbocycles. The lowest BCUT2D eigenvalue weighted by molar-refractivity contribution is -0.130. The van der Waals surface area contributed by atoms with Gasteiger partial charge in [0.25, 0.3) is 0 Å². The average molecular weight is 486 g/mol. The van der Waals surface area contributed by atoms with Crippen molar-refractivity contribution in [3.63, 3.8) is 0 Å². The summed E-state index contributed by atoms with van der Waals surface area (Å²) >= 11 is 1.38. The summed E-state index contributed by atoms with van der Waals surface area (Å²) in [5, 5.41) is 10.2. The normalized spacial score (nSPS) is 19.2. The summed E-state index contributed by atoms with van der Waals surface area (Å²) in [6.07, 6.45) is 0.563. The second kappa shape index (κ2) is 8.67. The highest BCUT2D eigenvalue weighted by atomic mass is 32.1. The molecule has 178 valence electrons. The number of benzene rings is 1. The van der Waals surface area contributed by atoms with Crippen molar-refractivity contribution in [2.75, 3.05) is 23.3 Å². The van der Waals surface area contributed by atoms with Crippen molar-refractivity contribution in [1.29, 1.82) is 0 Å². The minimum absolute atomic E-state index is 0.00115. The molecular weight excluding hydrogens is 461 g/mol. The van der Waals surface area contributed by atoms with Crippen LogP contribution in [0.15, 0.2) is 28.8 Å². The van der Waals surface area contributed by atoms with Crippen LogP contribution in [0.4, 0.5) is 20.3 Å². The predicted molar refractivity (Wildman–Crippen MR) is 124 cm³/mol. The molecule has 4 heterocycles. The largest absolute Gasteiger partial charge is 0.338 e. The number of hydrogen-bond donors (Lipinski definition) is 2. The Hall–Kier alpha value is -3.54. The molecule has 2 aliphatic rings. The van der Waals surface area contributed by atoms with Gasteiger partial charge in [-0.05, 0) is 38.1 Å². The van der Waals surface area contributed by atoms with E-state index in [-0.39, 0.29) is 35.9 Å². The van der Waals surface area contributed by atoms with Gasteiger partial charge in [-0.15, -0.1) is 0 Å². The molecule has 1 saturated heterocycles. The van der Waals surface area contributed by atoms with Gasteiger partial charge in [0.1, 0.15) is 5.82 Å². The molecule has 0 aliphatic carbocycles. The lowest BCUT2D eigenvalue weighted by Gasteiger charge is -2.48. The Labute approximate surface area is 199 Å². The fourth-order valence-electron chi connectivity index (χ4n) is 4.37. The fourth-order valence-corrected chi connectivity index (χ4v) is 5.44. The maximum absolute atomic E-state index is 13.3. The first-order valence-corrected chi connectivity index (χ1v) is 11.8. The standard InChI is InChI=1S/C22H24FN7O3S/c1-11(2)24-20(32)27-21-25-16-8-15-9-29(12(3)31)10-17(18(16)34-21)30(15)22-26-19(28-33-22)13-4-6-14(23)7-5-13/h4-7,11,15,17H,8-10H2,1-3H3,(H2,24,25,27,32). The molecule has 2 aromatic heterocycles. The molecule has 2 atom stereocenters. The number of carbonyl (C=O) groups is 2. The van der Waals surface area contributed by atoms with Crippen LogP contribution in [0.1, 0.15) is 37.4 Å². The number of anilines is 2. The van der Waals surface area contributed by atoms with Gasteiger partial charge in [0.05, 0.1) is 22.7 Å². The number of urea groups is 1. The highest BCUT2D eigenvalue weighted by Crippen LogP contribution is 2.44. The number of amides is 3. The van der Waals surface area contributed by atoms with Crippen molar-refractivity contribution in [3.8, 4) is 11.4 Å². The first-order valence-electron chi connectivity index (χ1n) is 11.0. The number of fused-ring (bicyclic) bond motifs is 4. The van der Waals surface area contributed by atoms with Crippen molar-refractivity contribution in [1.82, 2.24) is 25.3 Å². The monoisotopic (exact) mass is 485 g/mol. The van der Waals surface area contributed by atoms with Crippen molar-refractivity contribution in [2.24, 2.45) is 0 Å². The summed E-state index contributed by atoms with van der Waals surface area (Å²) in [5.74, 6) is 0.0145. The number of aromatic nitrogens is 3. The zero-order valence-corrected chi connectivity index (χ0v) is 19.7. The first kappa shape index (κ1) is 22.3. The van der Waals surface area contributed by atoms with Crippen LogP contribution < -0.4 is 15.5 Å². The van der Waals surface area contributed by atoms with Crippen molar-refractivity contribution in [2.45, 2.75) is 45.3 Å². The Kier molecular flexibility index (Phi) is 5.68. The topological polar surface area (TPSA) is 116 Å². The number of nitrogens with one attached hydrogen (secondary N) is 2. The van der Waals surface area contributed by atoms with Gasteiger partial charge in [-0.2, -0.15) is 4.98 Å². The number of piperazine rings is 1. The van der Waals surface area contributed by atoms with Crippen LogP contribution in [0.5, 0.6) is 0 Å². The van der Waals surface area contributed by atoms with Crippen LogP contribution in [-0.2, 0) is 11.2 Å². The van der Waals surface area contributed by atoms with Gasteiger partial charge < -0.3 is 19.6 Å². The lowest BCUT2D eigenvalue weighted by Crippen LogP contribution is -2.59. The molecule has 12 heteroatoms. The van der Waals surface area contributed by atoms with E-state index >= 15 is 0 Å². The summed E-state index contributed by atoms with van der Waals surface area (Å²) < 4.78 is 18.9. The predicted octanol–water partition coefficient (Wildman–Crippen LogP) is 3.20. The number of hydrogen-bond acceptors (Lipinski definition) is 8. The first-order chi connectivity index (χ1) is 16.3. The van der Waals surface area contributed by atoms with Crippen molar-refractivity contribution in [3.05, 3.63) is 40.7 Å². The van der Waals surface area contributed by atoms with E-state index in [2.05, 4.69) is 25.8 Å². The molecule has 0 spiro atoms. The van der Waals surface area contributed by atoms with E-state index in [1.807, 2.05) is 23.6 Å². The van der Waals surface area contributed by atoms with Crippen molar-refractivity contribution < 1.29 is 18.5 Å². The van der Waals surface area contributed by atoms with E-state index in [1.54, 1.807) is 19.1 Å². The van der Waals surface area contributed by atoms with Crippen LogP contribution in [0.3, 0.4) is 0 Å². The molecule has 0 radical (unpaired) electrons. The molecule has 1 aromatic carbocycles. The molecule has 10 nitrogen and oxygen atoms in total. The third kappa shape index (κ3) is 4.20. The second-order valence-corrected chi connectivity index (χ2v) is 9.73. The SMILES string of the molecule is CC(=O)N1CC2Cc3nc(NC(=O)NC(C)C)sc3C(C1)N2c1nc(-c2ccc(F)cc2)no1. The molecule has 3 amide bonds. The molecule has 3 aromatic rings. The second-order valence-electron chi connectivity index (χ2n) is 8.70. The molecule has 1 fully saturated rings. The lowest BCUT2D eigenvalue weighted by atomic mass is 9.93. The summed E-state index contributed by atoms with van der Waals surface area (Å²) in [5.41, 5.74) is 1.54. The Morgan fingerprint density at radius 2 is 1.97 bits per heavy atom. The summed E-state index contributed by atoms with van der Waals surface area (Å²) in [7, 11) is 0. The van der Waals surface area contributed by atoms with Gasteiger partial charge in [0.2, 0.25) is 11.7 Å². The highest BCUT2D eigenvalue weighted by Gasteiger charge is 2.45. The minimum Gasteiger partial charge on any atom is -0.338 e. The molecule has 5 rings (SSSR count). The van der Waals surface area contributed by atoms with E-state index in [4.69, 9.17) is 4.52 Å². The van der Waals surface area contributed by atoms with Gasteiger partial charge in [-0.25, -0.2) is 14.2 Å². The Bertz CT molecular complexity index is 1230. The number of carbonyl (C=O) groups excluding carboxylic acids is 2. The maximum atomic E-state index is 13.3. The van der Waals surface area contributed by atoms with Crippen LogP contribution >= 0.6 is 11.3 Å². The highest BCUT2D eigenvalue weighted by molar-refractivity contribution is 7.16. The third-order valence-electron chi connectivity index (χ3n) is 5.84. The van der Waals surface area contributed by atoms with Crippen LogP contribution in [0, 0.1) is 5.82 Å². The summed E-state index contributed by atoms with van der Waals surface area (Å²) in [4.78, 5) is 38.4. The number of rotatable bonds is 4. The summed E-state index contributed by atoms with van der Waals surface area (Å²) in [6.45, 7) is 6.25. The Morgan fingerprint density at radius 1 is 1.21 bits per heavy atom. The van der Waals surface area contributed by atoms with E-state index in [9.17, 15) is 14.0 Å². The third-order valence-corrected chi connectivity index (χ3v) is 6.95. The van der Waals surface area contributed by atoms with Gasteiger partial charge in [-0.3, -0.25) is 10.1 Å². The van der Waals surface area contributed by atoms with E-state index in [1.165, 1.54) is 23.5 Å². The minimum atomic E-state index is -0.341. The molecule has 2 unspecified atom stereocenters. The molecule has 2 aliphatic heterocycles. The van der Waals surface area contributed by atoms with Gasteiger partial charge in [0.15, 0.2) is 5.13 Å². The van der Waals surface area contributed by atoms with Gasteiger partial charge in [-0.1, -0.05) is 16.5 Å². The molecule has 2 N–H and O–H groups in total. The van der Waals surface area contributed by atoms with Crippen molar-refractivity contribution >= 4 is 34.4 Å². The van der Waals surface area contributed by atoms with Crippen LogP contribution in [0.2, 0.25) is 0 Å². The number of nitrogens with zero attached hydrogens (tertiary/aromatic N) is 5. The summed E-state index contributed by atoms with van der Waals surface area (Å²) in [6, 6.07) is 5.56. The van der Waals surface area contributed by atoms with E-state index in [0.29, 0.717) is 42.0 Å². The number of halogens is 1.